The Morgan fingerprint density at radius 3 is 2.14 bits per heavy atom. The molecule has 0 aliphatic carbocycles. The largest absolute Gasteiger partial charge is 0.301 e. The Bertz CT molecular complexity index is 90.9. The molecule has 7 heavy (non-hydrogen) atoms. The van der Waals surface area contributed by atoms with Crippen molar-refractivity contribution in [1.82, 2.24) is 0 Å². The van der Waals surface area contributed by atoms with E-state index in [4.69, 9.17) is 23.2 Å². The van der Waals surface area contributed by atoms with E-state index in [0.29, 0.717) is 0 Å². The van der Waals surface area contributed by atoms with Crippen molar-refractivity contribution in [3.63, 3.8) is 0 Å². The SMILES string of the molecule is O=CC(Cl)C(=O)Cl. The first-order chi connectivity index (χ1) is 3.18. The fraction of sp³-hybridized carbons (Fsp3) is 0.333. The van der Waals surface area contributed by atoms with Gasteiger partial charge in [-0.15, -0.1) is 11.6 Å². The molecule has 0 bridgehead atoms. The van der Waals surface area contributed by atoms with Gasteiger partial charge in [-0.1, -0.05) is 0 Å². The predicted molar refractivity (Wildman–Crippen MR) is 26.6 cm³/mol. The quantitative estimate of drug-likeness (QED) is 0.243. The number of halogens is 2. The van der Waals surface area contributed by atoms with Crippen LogP contribution >= 0.6 is 23.2 Å². The van der Waals surface area contributed by atoms with Gasteiger partial charge in [-0.2, -0.15) is 0 Å². The molecular weight excluding hydrogens is 139 g/mol. The molecule has 1 unspecified atom stereocenters. The van der Waals surface area contributed by atoms with Crippen molar-refractivity contribution in [2.75, 3.05) is 0 Å². The van der Waals surface area contributed by atoms with Gasteiger partial charge in [0.15, 0.2) is 5.38 Å². The molecule has 0 saturated carbocycles. The highest BCUT2D eigenvalue weighted by Crippen LogP contribution is 1.95. The van der Waals surface area contributed by atoms with Gasteiger partial charge < -0.3 is 4.79 Å². The molecule has 0 aromatic rings. The van der Waals surface area contributed by atoms with Crippen molar-refractivity contribution < 1.29 is 9.59 Å². The lowest BCUT2D eigenvalue weighted by atomic mass is 10.5. The molecule has 0 heterocycles. The van der Waals surface area contributed by atoms with Crippen LogP contribution in [0.3, 0.4) is 0 Å². The number of carbonyl (C=O) groups is 2. The van der Waals surface area contributed by atoms with Crippen LogP contribution in [0.1, 0.15) is 0 Å². The van der Waals surface area contributed by atoms with Crippen molar-refractivity contribution in [3.8, 4) is 0 Å². The average molecular weight is 141 g/mol. The van der Waals surface area contributed by atoms with Crippen molar-refractivity contribution in [2.24, 2.45) is 0 Å². The van der Waals surface area contributed by atoms with E-state index in [0.717, 1.165) is 0 Å². The third-order valence-electron chi connectivity index (χ3n) is 0.336. The molecule has 1 atom stereocenters. The van der Waals surface area contributed by atoms with Crippen molar-refractivity contribution >= 4 is 34.7 Å². The van der Waals surface area contributed by atoms with Gasteiger partial charge in [-0.05, 0) is 11.6 Å². The lowest BCUT2D eigenvalue weighted by Gasteiger charge is -1.84. The van der Waals surface area contributed by atoms with Crippen LogP contribution in [-0.4, -0.2) is 16.9 Å². The van der Waals surface area contributed by atoms with Gasteiger partial charge in [-0.25, -0.2) is 0 Å². The van der Waals surface area contributed by atoms with Crippen molar-refractivity contribution in [2.45, 2.75) is 5.38 Å². The summed E-state index contributed by atoms with van der Waals surface area (Å²) < 4.78 is 0. The second-order valence-electron chi connectivity index (χ2n) is 0.842. The summed E-state index contributed by atoms with van der Waals surface area (Å²) in [4.78, 5) is 19.3. The number of hydrogen-bond acceptors (Lipinski definition) is 2. The van der Waals surface area contributed by atoms with E-state index < -0.39 is 10.6 Å². The highest BCUT2D eigenvalue weighted by Gasteiger charge is 2.08. The fourth-order valence-electron chi connectivity index (χ4n) is 0.0535. The van der Waals surface area contributed by atoms with E-state index in [9.17, 15) is 9.59 Å². The molecule has 2 nitrogen and oxygen atoms in total. The van der Waals surface area contributed by atoms with Gasteiger partial charge in [0.2, 0.25) is 5.24 Å². The smallest absolute Gasteiger partial charge is 0.246 e. The molecule has 0 spiro atoms. The van der Waals surface area contributed by atoms with E-state index in [1.54, 1.807) is 0 Å². The number of carbonyl (C=O) groups excluding carboxylic acids is 2. The molecule has 0 aromatic heterocycles. The summed E-state index contributed by atoms with van der Waals surface area (Å²) in [6, 6.07) is 0. The molecule has 0 aliphatic heterocycles. The maximum atomic E-state index is 9.78. The molecule has 40 valence electrons. The van der Waals surface area contributed by atoms with E-state index in [1.807, 2.05) is 0 Å². The molecule has 0 radical (unpaired) electrons. The number of rotatable bonds is 2. The number of alkyl halides is 1. The fourth-order valence-corrected chi connectivity index (χ4v) is 0.105. The highest BCUT2D eigenvalue weighted by atomic mass is 35.5. The lowest BCUT2D eigenvalue weighted by molar-refractivity contribution is -0.116. The van der Waals surface area contributed by atoms with E-state index >= 15 is 0 Å². The Morgan fingerprint density at radius 1 is 1.71 bits per heavy atom. The van der Waals surface area contributed by atoms with Crippen LogP contribution < -0.4 is 0 Å². The molecule has 0 aromatic carbocycles. The van der Waals surface area contributed by atoms with E-state index in [2.05, 4.69) is 0 Å². The maximum Gasteiger partial charge on any atom is 0.246 e. The molecule has 0 aliphatic rings. The molecule has 0 N–H and O–H groups in total. The van der Waals surface area contributed by atoms with E-state index in [-0.39, 0.29) is 6.29 Å². The summed E-state index contributed by atoms with van der Waals surface area (Å²) in [6.45, 7) is 0. The summed E-state index contributed by atoms with van der Waals surface area (Å²) in [5.41, 5.74) is 0. The van der Waals surface area contributed by atoms with Crippen LogP contribution in [0, 0.1) is 0 Å². The van der Waals surface area contributed by atoms with Crippen LogP contribution in [0.15, 0.2) is 0 Å². The Balaban J connectivity index is 3.55. The highest BCUT2D eigenvalue weighted by molar-refractivity contribution is 6.71. The summed E-state index contributed by atoms with van der Waals surface area (Å²) in [5, 5.41) is -2.02. The number of aldehydes is 1. The maximum absolute atomic E-state index is 9.78. The minimum absolute atomic E-state index is 0.275. The normalized spacial score (nSPS) is 12.9. The summed E-state index contributed by atoms with van der Waals surface area (Å²) in [6.07, 6.45) is 0.275. The first-order valence-corrected chi connectivity index (χ1v) is 2.28. The molecular formula is C3H2Cl2O2. The van der Waals surface area contributed by atoms with Crippen LogP contribution in [0.25, 0.3) is 0 Å². The zero-order valence-electron chi connectivity index (χ0n) is 3.23. The zero-order chi connectivity index (χ0) is 5.86. The van der Waals surface area contributed by atoms with Gasteiger partial charge >= 0.3 is 0 Å². The molecule has 0 saturated heterocycles. The minimum atomic E-state index is -1.18. The van der Waals surface area contributed by atoms with Gasteiger partial charge in [0.05, 0.1) is 0 Å². The third kappa shape index (κ3) is 2.60. The zero-order valence-corrected chi connectivity index (χ0v) is 4.74. The Kier molecular flexibility index (Phi) is 2.96. The predicted octanol–water partition coefficient (Wildman–Crippen LogP) is 0.558. The van der Waals surface area contributed by atoms with Crippen LogP contribution in [0.4, 0.5) is 0 Å². The second-order valence-corrected chi connectivity index (χ2v) is 1.68. The standard InChI is InChI=1S/C3H2Cl2O2/c4-2(1-6)3(5)7/h1-2H. The van der Waals surface area contributed by atoms with Crippen LogP contribution in [-0.2, 0) is 9.59 Å². The second kappa shape index (κ2) is 2.99. The molecule has 0 fully saturated rings. The lowest BCUT2D eigenvalue weighted by Crippen LogP contribution is -2.07. The summed E-state index contributed by atoms with van der Waals surface area (Å²) >= 11 is 9.68. The van der Waals surface area contributed by atoms with Gasteiger partial charge in [0, 0.05) is 0 Å². The van der Waals surface area contributed by atoms with E-state index in [1.165, 1.54) is 0 Å². The van der Waals surface area contributed by atoms with Gasteiger partial charge in [-0.3, -0.25) is 4.79 Å². The van der Waals surface area contributed by atoms with Crippen molar-refractivity contribution in [1.29, 1.82) is 0 Å². The summed E-state index contributed by atoms with van der Waals surface area (Å²) in [7, 11) is 0. The Morgan fingerprint density at radius 2 is 2.14 bits per heavy atom. The first kappa shape index (κ1) is 6.92. The first-order valence-electron chi connectivity index (χ1n) is 1.47. The minimum Gasteiger partial charge on any atom is -0.301 e. The van der Waals surface area contributed by atoms with Crippen molar-refractivity contribution in [3.05, 3.63) is 0 Å². The Labute approximate surface area is 50.4 Å². The van der Waals surface area contributed by atoms with Crippen LogP contribution in [0.2, 0.25) is 0 Å². The molecule has 0 amide bonds. The summed E-state index contributed by atoms with van der Waals surface area (Å²) in [5.74, 6) is 0. The molecule has 4 heteroatoms. The molecule has 0 rings (SSSR count). The van der Waals surface area contributed by atoms with Gasteiger partial charge in [0.1, 0.15) is 6.29 Å². The third-order valence-corrected chi connectivity index (χ3v) is 0.984. The van der Waals surface area contributed by atoms with Gasteiger partial charge in [0.25, 0.3) is 0 Å². The monoisotopic (exact) mass is 140 g/mol. The number of hydrogen-bond donors (Lipinski definition) is 0. The van der Waals surface area contributed by atoms with Crippen LogP contribution in [0.5, 0.6) is 0 Å². The topological polar surface area (TPSA) is 34.1 Å². The average Bonchev–Trinajstić information content (AvgIpc) is 1.65. The Hall–Kier alpha value is -0.0800.